The van der Waals surface area contributed by atoms with Gasteiger partial charge < -0.3 is 4.74 Å². The Bertz CT molecular complexity index is 776. The zero-order chi connectivity index (χ0) is 12.8. The van der Waals surface area contributed by atoms with Gasteiger partial charge in [-0.25, -0.2) is 4.98 Å². The van der Waals surface area contributed by atoms with Gasteiger partial charge in [0.2, 0.25) is 0 Å². The lowest BCUT2D eigenvalue weighted by Gasteiger charge is -2.20. The summed E-state index contributed by atoms with van der Waals surface area (Å²) in [4.78, 5) is 4.42. The van der Waals surface area contributed by atoms with E-state index in [1.807, 2.05) is 18.5 Å². The second-order valence-electron chi connectivity index (χ2n) is 4.81. The molecule has 0 bridgehead atoms. The molecule has 1 aliphatic carbocycles. The zero-order valence-electron chi connectivity index (χ0n) is 10.6. The van der Waals surface area contributed by atoms with Gasteiger partial charge in [-0.1, -0.05) is 6.07 Å². The molecule has 3 aromatic rings. The van der Waals surface area contributed by atoms with Gasteiger partial charge in [0.1, 0.15) is 5.75 Å². The predicted octanol–water partition coefficient (Wildman–Crippen LogP) is 2.73. The molecule has 1 aliphatic rings. The van der Waals surface area contributed by atoms with E-state index < -0.39 is 0 Å². The van der Waals surface area contributed by atoms with Gasteiger partial charge >= 0.3 is 0 Å². The number of aromatic nitrogens is 3. The average Bonchev–Trinajstić information content (AvgIpc) is 2.94. The van der Waals surface area contributed by atoms with E-state index in [-0.39, 0.29) is 0 Å². The van der Waals surface area contributed by atoms with E-state index in [0.29, 0.717) is 0 Å². The summed E-state index contributed by atoms with van der Waals surface area (Å²) in [6.07, 6.45) is 5.87. The fraction of sp³-hybridized carbons (Fsp3) is 0.200. The van der Waals surface area contributed by atoms with Crippen LogP contribution in [0.25, 0.3) is 22.2 Å². The molecule has 0 radical (unpaired) electrons. The van der Waals surface area contributed by atoms with Crippen molar-refractivity contribution < 1.29 is 4.74 Å². The van der Waals surface area contributed by atoms with Crippen LogP contribution >= 0.6 is 0 Å². The van der Waals surface area contributed by atoms with Crippen molar-refractivity contribution >= 4 is 11.0 Å². The molecule has 2 aromatic heterocycles. The Morgan fingerprint density at radius 1 is 1.16 bits per heavy atom. The van der Waals surface area contributed by atoms with Crippen LogP contribution in [0.3, 0.4) is 0 Å². The van der Waals surface area contributed by atoms with Gasteiger partial charge in [-0.3, -0.25) is 5.10 Å². The first kappa shape index (κ1) is 10.6. The van der Waals surface area contributed by atoms with Crippen LogP contribution in [0.2, 0.25) is 0 Å². The molecule has 0 atom stereocenters. The number of hydrogen-bond acceptors (Lipinski definition) is 3. The fourth-order valence-corrected chi connectivity index (χ4v) is 2.87. The van der Waals surface area contributed by atoms with Gasteiger partial charge in [-0.2, -0.15) is 5.10 Å². The van der Waals surface area contributed by atoms with Crippen LogP contribution in [0.15, 0.2) is 30.6 Å². The lowest BCUT2D eigenvalue weighted by Crippen LogP contribution is -2.05. The molecule has 4 heteroatoms. The molecule has 1 N–H and O–H groups in total. The predicted molar refractivity (Wildman–Crippen MR) is 73.3 cm³/mol. The number of ether oxygens (including phenoxy) is 1. The van der Waals surface area contributed by atoms with Crippen LogP contribution in [0.4, 0.5) is 0 Å². The van der Waals surface area contributed by atoms with Gasteiger partial charge in [0, 0.05) is 11.6 Å². The SMILES string of the molecule is COc1ccc2c(c1)CCc1cnc3[nH]ncc3c1-2. The number of H-pyrrole nitrogens is 1. The van der Waals surface area contributed by atoms with Crippen LogP contribution < -0.4 is 4.74 Å². The number of pyridine rings is 1. The molecule has 0 saturated carbocycles. The number of nitrogens with one attached hydrogen (secondary N) is 1. The molecular weight excluding hydrogens is 238 g/mol. The summed E-state index contributed by atoms with van der Waals surface area (Å²) in [5.41, 5.74) is 6.02. The number of nitrogens with zero attached hydrogens (tertiary/aromatic N) is 2. The molecule has 0 unspecified atom stereocenters. The van der Waals surface area contributed by atoms with Crippen LogP contribution in [-0.2, 0) is 12.8 Å². The smallest absolute Gasteiger partial charge is 0.155 e. The number of rotatable bonds is 1. The largest absolute Gasteiger partial charge is 0.497 e. The third-order valence-electron chi connectivity index (χ3n) is 3.80. The highest BCUT2D eigenvalue weighted by Crippen LogP contribution is 2.38. The van der Waals surface area contributed by atoms with Crippen molar-refractivity contribution in [3.05, 3.63) is 41.7 Å². The Kier molecular flexibility index (Phi) is 2.12. The molecule has 0 aliphatic heterocycles. The minimum absolute atomic E-state index is 0.849. The van der Waals surface area contributed by atoms with Crippen LogP contribution in [0.1, 0.15) is 11.1 Å². The fourth-order valence-electron chi connectivity index (χ4n) is 2.87. The van der Waals surface area contributed by atoms with E-state index in [2.05, 4.69) is 27.3 Å². The standard InChI is InChI=1S/C15H13N3O/c1-19-11-4-5-12-9(6-11)2-3-10-7-16-15-13(14(10)12)8-17-18-15/h4-8H,2-3H2,1H3,(H,16,17,18). The first-order valence-corrected chi connectivity index (χ1v) is 6.35. The molecule has 4 nitrogen and oxygen atoms in total. The quantitative estimate of drug-likeness (QED) is 0.723. The molecular formula is C15H13N3O. The highest BCUT2D eigenvalue weighted by molar-refractivity contribution is 5.95. The maximum atomic E-state index is 5.31. The number of fused-ring (bicyclic) bond motifs is 5. The van der Waals surface area contributed by atoms with E-state index >= 15 is 0 Å². The summed E-state index contributed by atoms with van der Waals surface area (Å²) in [6.45, 7) is 0. The van der Waals surface area contributed by atoms with Gasteiger partial charge in [0.15, 0.2) is 5.65 Å². The van der Waals surface area contributed by atoms with Crippen molar-refractivity contribution in [2.24, 2.45) is 0 Å². The first-order chi connectivity index (χ1) is 9.36. The number of aryl methyl sites for hydroxylation is 2. The minimum atomic E-state index is 0.849. The molecule has 0 spiro atoms. The summed E-state index contributed by atoms with van der Waals surface area (Å²) in [5, 5.41) is 8.14. The van der Waals surface area contributed by atoms with Crippen LogP contribution in [-0.4, -0.2) is 22.3 Å². The number of benzene rings is 1. The van der Waals surface area contributed by atoms with Crippen molar-refractivity contribution in [2.75, 3.05) is 7.11 Å². The number of aromatic amines is 1. The Morgan fingerprint density at radius 2 is 2.05 bits per heavy atom. The highest BCUT2D eigenvalue weighted by atomic mass is 16.5. The van der Waals surface area contributed by atoms with Gasteiger partial charge in [-0.15, -0.1) is 0 Å². The molecule has 1 aromatic carbocycles. The first-order valence-electron chi connectivity index (χ1n) is 6.35. The third kappa shape index (κ3) is 1.46. The Labute approximate surface area is 110 Å². The number of methoxy groups -OCH3 is 1. The summed E-state index contributed by atoms with van der Waals surface area (Å²) in [6, 6.07) is 6.28. The summed E-state index contributed by atoms with van der Waals surface area (Å²) in [7, 11) is 1.71. The van der Waals surface area contributed by atoms with Gasteiger partial charge in [-0.05, 0) is 47.2 Å². The topological polar surface area (TPSA) is 50.8 Å². The van der Waals surface area contributed by atoms with Crippen molar-refractivity contribution in [3.8, 4) is 16.9 Å². The van der Waals surface area contributed by atoms with Crippen molar-refractivity contribution in [1.29, 1.82) is 0 Å². The Balaban J connectivity index is 2.04. The van der Waals surface area contributed by atoms with Gasteiger partial charge in [0.25, 0.3) is 0 Å². The lowest BCUT2D eigenvalue weighted by molar-refractivity contribution is 0.414. The Hall–Kier alpha value is -2.36. The molecule has 0 saturated heterocycles. The molecule has 0 fully saturated rings. The van der Waals surface area contributed by atoms with E-state index in [1.54, 1.807) is 7.11 Å². The van der Waals surface area contributed by atoms with E-state index in [9.17, 15) is 0 Å². The molecule has 19 heavy (non-hydrogen) atoms. The molecule has 0 amide bonds. The summed E-state index contributed by atoms with van der Waals surface area (Å²) >= 11 is 0. The second-order valence-corrected chi connectivity index (χ2v) is 4.81. The molecule has 4 rings (SSSR count). The third-order valence-corrected chi connectivity index (χ3v) is 3.80. The normalized spacial score (nSPS) is 13.1. The van der Waals surface area contributed by atoms with E-state index in [1.165, 1.54) is 22.3 Å². The zero-order valence-corrected chi connectivity index (χ0v) is 10.6. The average molecular weight is 251 g/mol. The summed E-state index contributed by atoms with van der Waals surface area (Å²) in [5.74, 6) is 0.916. The maximum absolute atomic E-state index is 5.31. The van der Waals surface area contributed by atoms with Crippen molar-refractivity contribution in [3.63, 3.8) is 0 Å². The van der Waals surface area contributed by atoms with Gasteiger partial charge in [0.05, 0.1) is 13.3 Å². The molecule has 2 heterocycles. The number of hydrogen-bond donors (Lipinski definition) is 1. The Morgan fingerprint density at radius 3 is 2.95 bits per heavy atom. The van der Waals surface area contributed by atoms with Crippen LogP contribution in [0.5, 0.6) is 5.75 Å². The second kappa shape index (κ2) is 3.82. The van der Waals surface area contributed by atoms with Crippen molar-refractivity contribution in [1.82, 2.24) is 15.2 Å². The van der Waals surface area contributed by atoms with Crippen molar-refractivity contribution in [2.45, 2.75) is 12.8 Å². The highest BCUT2D eigenvalue weighted by Gasteiger charge is 2.20. The summed E-state index contributed by atoms with van der Waals surface area (Å²) < 4.78 is 5.31. The minimum Gasteiger partial charge on any atom is -0.497 e. The van der Waals surface area contributed by atoms with E-state index in [4.69, 9.17) is 4.74 Å². The molecule has 94 valence electrons. The lowest BCUT2D eigenvalue weighted by atomic mass is 9.85. The van der Waals surface area contributed by atoms with Crippen LogP contribution in [0, 0.1) is 0 Å². The monoisotopic (exact) mass is 251 g/mol. The maximum Gasteiger partial charge on any atom is 0.155 e. The van der Waals surface area contributed by atoms with E-state index in [0.717, 1.165) is 29.6 Å².